The molecule has 1 N–H and O–H groups in total. The lowest BCUT2D eigenvalue weighted by molar-refractivity contribution is -0.867. The maximum Gasteiger partial charge on any atom is 0.333 e. The van der Waals surface area contributed by atoms with Gasteiger partial charge in [-0.05, 0) is 0 Å². The third-order valence-electron chi connectivity index (χ3n) is 2.83. The molecule has 0 spiro atoms. The van der Waals surface area contributed by atoms with Gasteiger partial charge in [0.1, 0.15) is 6.61 Å². The van der Waals surface area contributed by atoms with Crippen molar-refractivity contribution < 1.29 is 27.9 Å². The Balaban J connectivity index is 1.79. The Morgan fingerprint density at radius 1 is 1.45 bits per heavy atom. The van der Waals surface area contributed by atoms with Gasteiger partial charge in [-0.15, -0.1) is 11.3 Å². The lowest BCUT2D eigenvalue weighted by atomic mass is 10.3. The fourth-order valence-electron chi connectivity index (χ4n) is 1.63. The molecule has 20 heavy (non-hydrogen) atoms. The molecule has 0 aromatic carbocycles. The summed E-state index contributed by atoms with van der Waals surface area (Å²) in [5, 5.41) is 3.71. The minimum Gasteiger partial charge on any atom is -0.485 e. The number of ether oxygens (including phenoxy) is 2. The molecule has 0 amide bonds. The topological polar surface area (TPSA) is 65.0 Å². The van der Waals surface area contributed by atoms with E-state index in [1.807, 2.05) is 31.9 Å². The molecule has 2 heterocycles. The van der Waals surface area contributed by atoms with E-state index < -0.39 is 7.60 Å². The number of rotatable bonds is 6. The number of hydrogen-bond acceptors (Lipinski definition) is 5. The molecule has 0 saturated carbocycles. The van der Waals surface area contributed by atoms with Crippen molar-refractivity contribution in [1.82, 2.24) is 0 Å². The van der Waals surface area contributed by atoms with Crippen LogP contribution in [0.3, 0.4) is 0 Å². The molecule has 1 aliphatic rings. The van der Waals surface area contributed by atoms with Crippen molar-refractivity contribution in [2.75, 3.05) is 47.1 Å². The normalized spacial score (nSPS) is 21.5. The van der Waals surface area contributed by atoms with E-state index in [1.54, 1.807) is 0 Å². The number of fused-ring (bicyclic) bond motifs is 1. The summed E-state index contributed by atoms with van der Waals surface area (Å²) in [6.07, 6.45) is -0.213. The summed E-state index contributed by atoms with van der Waals surface area (Å²) in [5.41, 5.74) is 0. The van der Waals surface area contributed by atoms with E-state index in [9.17, 15) is 9.46 Å². The Morgan fingerprint density at radius 2 is 2.15 bits per heavy atom. The number of hydrogen-bond donors (Lipinski definition) is 1. The Labute approximate surface area is 123 Å². The molecular weight excluding hydrogens is 301 g/mol. The molecule has 0 radical (unpaired) electrons. The maximum absolute atomic E-state index is 11.9. The molecular formula is C12H21NO5PS+. The molecule has 2 unspecified atom stereocenters. The summed E-state index contributed by atoms with van der Waals surface area (Å²) in [6.45, 7) is 0.962. The largest absolute Gasteiger partial charge is 0.485 e. The predicted octanol–water partition coefficient (Wildman–Crippen LogP) is 1.80. The van der Waals surface area contributed by atoms with Crippen LogP contribution in [0.15, 0.2) is 10.8 Å². The van der Waals surface area contributed by atoms with Gasteiger partial charge >= 0.3 is 7.60 Å². The van der Waals surface area contributed by atoms with Crippen LogP contribution >= 0.6 is 18.9 Å². The van der Waals surface area contributed by atoms with Gasteiger partial charge in [-0.1, -0.05) is 0 Å². The molecule has 1 aromatic rings. The fraction of sp³-hybridized carbons (Fsp3) is 0.667. The molecule has 2 atom stereocenters. The van der Waals surface area contributed by atoms with Crippen LogP contribution in [-0.4, -0.2) is 62.5 Å². The maximum atomic E-state index is 11.9. The van der Waals surface area contributed by atoms with Crippen molar-refractivity contribution in [3.8, 4) is 11.5 Å². The van der Waals surface area contributed by atoms with Crippen molar-refractivity contribution >= 4 is 18.9 Å². The second-order valence-corrected chi connectivity index (χ2v) is 8.55. The lowest BCUT2D eigenvalue weighted by Crippen LogP contribution is -2.37. The van der Waals surface area contributed by atoms with Gasteiger partial charge in [-0.3, -0.25) is 4.57 Å². The second-order valence-electron chi connectivity index (χ2n) is 5.82. The highest BCUT2D eigenvalue weighted by atomic mass is 32.1. The van der Waals surface area contributed by atoms with Crippen molar-refractivity contribution in [2.24, 2.45) is 0 Å². The van der Waals surface area contributed by atoms with Crippen molar-refractivity contribution in [3.05, 3.63) is 10.8 Å². The Hall–Kier alpha value is -0.590. The predicted molar refractivity (Wildman–Crippen MR) is 77.8 cm³/mol. The van der Waals surface area contributed by atoms with Crippen molar-refractivity contribution in [1.29, 1.82) is 0 Å². The quantitative estimate of drug-likeness (QED) is 0.639. The SMILES string of the molecule is C[N+](C)(C)CCP(=O)(O)OCC1COc2cscc2O1. The molecule has 0 saturated heterocycles. The summed E-state index contributed by atoms with van der Waals surface area (Å²) in [4.78, 5) is 9.79. The van der Waals surface area contributed by atoms with Gasteiger partial charge in [0, 0.05) is 10.8 Å². The van der Waals surface area contributed by atoms with Crippen LogP contribution in [0, 0.1) is 0 Å². The van der Waals surface area contributed by atoms with E-state index in [-0.39, 0.29) is 18.9 Å². The average Bonchev–Trinajstić information content (AvgIpc) is 2.81. The van der Waals surface area contributed by atoms with Gasteiger partial charge < -0.3 is 23.4 Å². The lowest BCUT2D eigenvalue weighted by Gasteiger charge is -2.27. The Bertz CT molecular complexity index is 498. The zero-order chi connectivity index (χ0) is 14.8. The zero-order valence-electron chi connectivity index (χ0n) is 11.9. The van der Waals surface area contributed by atoms with Crippen LogP contribution in [0.25, 0.3) is 0 Å². The Morgan fingerprint density at radius 3 is 2.85 bits per heavy atom. The van der Waals surface area contributed by atoms with Crippen LogP contribution < -0.4 is 9.47 Å². The van der Waals surface area contributed by atoms with E-state index in [0.717, 1.165) is 5.75 Å². The van der Waals surface area contributed by atoms with E-state index in [2.05, 4.69) is 0 Å². The highest BCUT2D eigenvalue weighted by molar-refractivity contribution is 7.52. The van der Waals surface area contributed by atoms with Gasteiger partial charge in [0.05, 0.1) is 40.5 Å². The van der Waals surface area contributed by atoms with Crippen LogP contribution in [0.5, 0.6) is 11.5 Å². The molecule has 6 nitrogen and oxygen atoms in total. The summed E-state index contributed by atoms with van der Waals surface area (Å²) in [6, 6.07) is 0. The molecule has 0 fully saturated rings. The average molecular weight is 322 g/mol. The minimum atomic E-state index is -3.57. The van der Waals surface area contributed by atoms with E-state index in [4.69, 9.17) is 14.0 Å². The first-order chi connectivity index (χ1) is 9.25. The van der Waals surface area contributed by atoms with Crippen LogP contribution in [0.2, 0.25) is 0 Å². The zero-order valence-corrected chi connectivity index (χ0v) is 13.7. The number of nitrogens with zero attached hydrogens (tertiary/aromatic N) is 1. The number of quaternary nitrogens is 1. The van der Waals surface area contributed by atoms with Crippen molar-refractivity contribution in [2.45, 2.75) is 6.10 Å². The third-order valence-corrected chi connectivity index (χ3v) is 4.84. The third kappa shape index (κ3) is 4.75. The first-order valence-corrected chi connectivity index (χ1v) is 9.08. The monoisotopic (exact) mass is 322 g/mol. The summed E-state index contributed by atoms with van der Waals surface area (Å²) >= 11 is 1.49. The summed E-state index contributed by atoms with van der Waals surface area (Å²) in [7, 11) is 2.33. The Kier molecular flexibility index (Phi) is 4.76. The molecule has 1 aliphatic heterocycles. The molecule has 114 valence electrons. The van der Waals surface area contributed by atoms with Crippen LogP contribution in [-0.2, 0) is 9.09 Å². The van der Waals surface area contributed by atoms with Gasteiger partial charge in [-0.25, -0.2) is 0 Å². The van der Waals surface area contributed by atoms with Gasteiger partial charge in [0.2, 0.25) is 0 Å². The minimum absolute atomic E-state index is 0.0558. The van der Waals surface area contributed by atoms with E-state index in [0.29, 0.717) is 23.4 Å². The highest BCUT2D eigenvalue weighted by Crippen LogP contribution is 2.42. The molecule has 1 aromatic heterocycles. The van der Waals surface area contributed by atoms with Gasteiger partial charge in [-0.2, -0.15) is 0 Å². The highest BCUT2D eigenvalue weighted by Gasteiger charge is 2.28. The smallest absolute Gasteiger partial charge is 0.333 e. The molecule has 2 rings (SSSR count). The fourth-order valence-corrected chi connectivity index (χ4v) is 3.69. The first kappa shape index (κ1) is 15.8. The summed E-state index contributed by atoms with van der Waals surface area (Å²) < 4.78 is 28.8. The number of thiophene rings is 1. The first-order valence-electron chi connectivity index (χ1n) is 6.38. The van der Waals surface area contributed by atoms with Crippen LogP contribution in [0.4, 0.5) is 0 Å². The summed E-state index contributed by atoms with van der Waals surface area (Å²) in [5.74, 6) is 1.40. The van der Waals surface area contributed by atoms with Crippen LogP contribution in [0.1, 0.15) is 0 Å². The van der Waals surface area contributed by atoms with Crippen molar-refractivity contribution in [3.63, 3.8) is 0 Å². The van der Waals surface area contributed by atoms with Gasteiger partial charge in [0.25, 0.3) is 0 Å². The molecule has 0 aliphatic carbocycles. The standard InChI is InChI=1S/C12H20NO5PS/c1-13(2,3)4-5-19(14,15)17-7-10-6-16-11-8-20-9-12(11)18-10/h8-10H,4-7H2,1-3H3/p+1. The molecule has 0 bridgehead atoms. The molecule has 8 heteroatoms. The van der Waals surface area contributed by atoms with Gasteiger partial charge in [0.15, 0.2) is 17.6 Å². The van der Waals surface area contributed by atoms with E-state index in [1.165, 1.54) is 11.3 Å². The van der Waals surface area contributed by atoms with E-state index >= 15 is 0 Å². The second kappa shape index (κ2) is 6.03.